The highest BCUT2D eigenvalue weighted by Crippen LogP contribution is 2.30. The number of thioether (sulfide) groups is 1. The van der Waals surface area contributed by atoms with E-state index in [-0.39, 0.29) is 6.04 Å². The van der Waals surface area contributed by atoms with Gasteiger partial charge in [-0.3, -0.25) is 0 Å². The third-order valence-corrected chi connectivity index (χ3v) is 6.59. The van der Waals surface area contributed by atoms with Gasteiger partial charge in [-0.15, -0.1) is 0 Å². The first kappa shape index (κ1) is 16.8. The first-order valence-corrected chi connectivity index (χ1v) is 9.97. The lowest BCUT2D eigenvalue weighted by Gasteiger charge is -2.20. The molecular weight excluding hydrogens is 304 g/mol. The summed E-state index contributed by atoms with van der Waals surface area (Å²) in [6.07, 6.45) is 3.15. The van der Waals surface area contributed by atoms with E-state index in [2.05, 4.69) is 17.0 Å². The Morgan fingerprint density at radius 2 is 1.95 bits per heavy atom. The number of hydrogen-bond donors (Lipinski definition) is 2. The molecule has 21 heavy (non-hydrogen) atoms. The van der Waals surface area contributed by atoms with E-state index in [9.17, 15) is 8.42 Å². The summed E-state index contributed by atoms with van der Waals surface area (Å²) >= 11 is 1.86. The van der Waals surface area contributed by atoms with Crippen molar-refractivity contribution in [2.24, 2.45) is 0 Å². The van der Waals surface area contributed by atoms with E-state index in [0.717, 1.165) is 37.1 Å². The predicted molar refractivity (Wildman–Crippen MR) is 89.1 cm³/mol. The van der Waals surface area contributed by atoms with Crippen molar-refractivity contribution >= 4 is 21.8 Å². The van der Waals surface area contributed by atoms with Crippen molar-refractivity contribution in [3.8, 4) is 0 Å². The lowest BCUT2D eigenvalue weighted by Crippen LogP contribution is -2.38. The van der Waals surface area contributed by atoms with Crippen LogP contribution in [0.2, 0.25) is 0 Å². The van der Waals surface area contributed by atoms with Gasteiger partial charge in [-0.05, 0) is 43.3 Å². The van der Waals surface area contributed by atoms with Crippen molar-refractivity contribution < 1.29 is 8.42 Å². The summed E-state index contributed by atoms with van der Waals surface area (Å²) in [7, 11) is -1.54. The Hall–Kier alpha value is -0.560. The lowest BCUT2D eigenvalue weighted by atomic mass is 10.2. The number of benzene rings is 1. The Morgan fingerprint density at radius 1 is 1.24 bits per heavy atom. The average Bonchev–Trinajstić information content (AvgIpc) is 2.87. The van der Waals surface area contributed by atoms with Crippen molar-refractivity contribution in [2.75, 3.05) is 12.8 Å². The van der Waals surface area contributed by atoms with E-state index >= 15 is 0 Å². The predicted octanol–water partition coefficient (Wildman–Crippen LogP) is 2.36. The van der Waals surface area contributed by atoms with Gasteiger partial charge in [0.2, 0.25) is 10.0 Å². The maximum absolute atomic E-state index is 12.5. The Bertz CT molecular complexity index is 543. The molecule has 0 aromatic heterocycles. The molecule has 1 aromatic rings. The van der Waals surface area contributed by atoms with E-state index in [1.807, 2.05) is 30.9 Å². The highest BCUT2D eigenvalue weighted by Gasteiger charge is 2.31. The quantitative estimate of drug-likeness (QED) is 0.807. The fourth-order valence-electron chi connectivity index (χ4n) is 2.73. The fraction of sp³-hybridized carbons (Fsp3) is 0.600. The van der Waals surface area contributed by atoms with Gasteiger partial charge in [0.05, 0.1) is 4.90 Å². The first-order chi connectivity index (χ1) is 10.1. The van der Waals surface area contributed by atoms with E-state index in [1.54, 1.807) is 12.1 Å². The van der Waals surface area contributed by atoms with E-state index in [1.165, 1.54) is 0 Å². The molecule has 1 saturated carbocycles. The molecule has 0 spiro atoms. The molecule has 0 heterocycles. The number of hydrogen-bond acceptors (Lipinski definition) is 4. The summed E-state index contributed by atoms with van der Waals surface area (Å²) < 4.78 is 27.8. The van der Waals surface area contributed by atoms with Crippen LogP contribution in [-0.4, -0.2) is 32.5 Å². The summed E-state index contributed by atoms with van der Waals surface area (Å²) in [5, 5.41) is 3.46. The highest BCUT2D eigenvalue weighted by atomic mass is 32.2. The topological polar surface area (TPSA) is 58.2 Å². The van der Waals surface area contributed by atoms with Gasteiger partial charge < -0.3 is 5.32 Å². The molecule has 2 unspecified atom stereocenters. The minimum absolute atomic E-state index is 0.0666. The van der Waals surface area contributed by atoms with Gasteiger partial charge in [-0.25, -0.2) is 13.1 Å². The van der Waals surface area contributed by atoms with E-state index in [4.69, 9.17) is 0 Å². The maximum Gasteiger partial charge on any atom is 0.240 e. The monoisotopic (exact) mass is 328 g/mol. The van der Waals surface area contributed by atoms with Gasteiger partial charge in [-0.2, -0.15) is 11.8 Å². The van der Waals surface area contributed by atoms with Crippen LogP contribution in [0, 0.1) is 0 Å². The van der Waals surface area contributed by atoms with E-state index in [0.29, 0.717) is 10.1 Å². The van der Waals surface area contributed by atoms with E-state index < -0.39 is 10.0 Å². The zero-order valence-electron chi connectivity index (χ0n) is 12.6. The summed E-state index contributed by atoms with van der Waals surface area (Å²) in [6.45, 7) is 2.86. The standard InChI is InChI=1S/C15H24N2O2S2/c1-3-20-15-6-4-5-14(15)17-21(18,19)13-9-7-12(8-10-13)11-16-2/h7-10,14-17H,3-6,11H2,1-2H3. The van der Waals surface area contributed by atoms with Crippen LogP contribution in [0.4, 0.5) is 0 Å². The molecule has 0 bridgehead atoms. The van der Waals surface area contributed by atoms with Crippen LogP contribution in [0.25, 0.3) is 0 Å². The highest BCUT2D eigenvalue weighted by molar-refractivity contribution is 8.00. The minimum atomic E-state index is -3.41. The number of nitrogens with one attached hydrogen (secondary N) is 2. The molecule has 2 N–H and O–H groups in total. The molecule has 1 aliphatic carbocycles. The molecule has 0 amide bonds. The summed E-state index contributed by atoms with van der Waals surface area (Å²) in [5.74, 6) is 1.03. The van der Waals surface area contributed by atoms with Crippen LogP contribution in [0.3, 0.4) is 0 Å². The van der Waals surface area contributed by atoms with Crippen LogP contribution >= 0.6 is 11.8 Å². The first-order valence-electron chi connectivity index (χ1n) is 7.44. The molecule has 2 atom stereocenters. The van der Waals surface area contributed by atoms with Crippen LogP contribution in [-0.2, 0) is 16.6 Å². The van der Waals surface area contributed by atoms with Crippen LogP contribution in [0.1, 0.15) is 31.7 Å². The van der Waals surface area contributed by atoms with Crippen molar-refractivity contribution in [3.63, 3.8) is 0 Å². The molecule has 1 fully saturated rings. The second-order valence-electron chi connectivity index (χ2n) is 5.33. The molecule has 0 radical (unpaired) electrons. The Balaban J connectivity index is 2.07. The normalized spacial score (nSPS) is 22.6. The summed E-state index contributed by atoms with van der Waals surface area (Å²) in [6, 6.07) is 7.16. The largest absolute Gasteiger partial charge is 0.316 e. The fourth-order valence-corrected chi connectivity index (χ4v) is 5.33. The zero-order chi connectivity index (χ0) is 15.3. The van der Waals surface area contributed by atoms with Crippen LogP contribution < -0.4 is 10.0 Å². The van der Waals surface area contributed by atoms with Crippen LogP contribution in [0.15, 0.2) is 29.2 Å². The third-order valence-electron chi connectivity index (χ3n) is 3.75. The van der Waals surface area contributed by atoms with Gasteiger partial charge in [0.1, 0.15) is 0 Å². The summed E-state index contributed by atoms with van der Waals surface area (Å²) in [4.78, 5) is 0.356. The van der Waals surface area contributed by atoms with Gasteiger partial charge in [0, 0.05) is 17.8 Å². The molecule has 1 aliphatic rings. The SMILES string of the molecule is CCSC1CCCC1NS(=O)(=O)c1ccc(CNC)cc1. The molecule has 0 aliphatic heterocycles. The molecule has 6 heteroatoms. The second kappa shape index (κ2) is 7.63. The van der Waals surface area contributed by atoms with Crippen LogP contribution in [0.5, 0.6) is 0 Å². The Labute approximate surface area is 132 Å². The Morgan fingerprint density at radius 3 is 2.57 bits per heavy atom. The molecule has 2 rings (SSSR count). The smallest absolute Gasteiger partial charge is 0.240 e. The number of rotatable bonds is 7. The summed E-state index contributed by atoms with van der Waals surface area (Å²) in [5.41, 5.74) is 1.08. The minimum Gasteiger partial charge on any atom is -0.316 e. The average molecular weight is 329 g/mol. The van der Waals surface area contributed by atoms with Crippen molar-refractivity contribution in [1.29, 1.82) is 0 Å². The lowest BCUT2D eigenvalue weighted by molar-refractivity contribution is 0.555. The third kappa shape index (κ3) is 4.45. The molecule has 1 aromatic carbocycles. The zero-order valence-corrected chi connectivity index (χ0v) is 14.3. The van der Waals surface area contributed by atoms with Crippen molar-refractivity contribution in [3.05, 3.63) is 29.8 Å². The maximum atomic E-state index is 12.5. The molecular formula is C15H24N2O2S2. The second-order valence-corrected chi connectivity index (χ2v) is 8.56. The molecule has 4 nitrogen and oxygen atoms in total. The Kier molecular flexibility index (Phi) is 6.10. The van der Waals surface area contributed by atoms with Crippen molar-refractivity contribution in [2.45, 2.75) is 48.9 Å². The van der Waals surface area contributed by atoms with Gasteiger partial charge >= 0.3 is 0 Å². The molecule has 118 valence electrons. The van der Waals surface area contributed by atoms with Gasteiger partial charge in [0.15, 0.2) is 0 Å². The van der Waals surface area contributed by atoms with Crippen molar-refractivity contribution in [1.82, 2.24) is 10.0 Å². The molecule has 0 saturated heterocycles. The van der Waals surface area contributed by atoms with Gasteiger partial charge in [-0.1, -0.05) is 25.5 Å². The number of sulfonamides is 1. The van der Waals surface area contributed by atoms with Gasteiger partial charge in [0.25, 0.3) is 0 Å².